The molecule has 3 N–H and O–H groups in total. The van der Waals surface area contributed by atoms with E-state index in [0.29, 0.717) is 18.7 Å². The molecule has 0 bridgehead atoms. The first kappa shape index (κ1) is 20.7. The number of likely N-dealkylation sites (N-methyl/N-ethyl adjacent to an activating group) is 1. The second-order valence-electron chi connectivity index (χ2n) is 7.49. The molecule has 0 saturated carbocycles. The minimum absolute atomic E-state index is 0.0137. The van der Waals surface area contributed by atoms with Crippen molar-refractivity contribution in [1.82, 2.24) is 15.2 Å². The molecule has 29 heavy (non-hydrogen) atoms. The van der Waals surface area contributed by atoms with Gasteiger partial charge in [0.15, 0.2) is 0 Å². The molecule has 0 unspecified atom stereocenters. The Morgan fingerprint density at radius 2 is 2.07 bits per heavy atom. The molecule has 1 saturated heterocycles. The summed E-state index contributed by atoms with van der Waals surface area (Å²) < 4.78 is 14.3. The average Bonchev–Trinajstić information content (AvgIpc) is 3.15. The number of hydrogen-bond donors (Lipinski definition) is 3. The van der Waals surface area contributed by atoms with E-state index in [2.05, 4.69) is 20.9 Å². The van der Waals surface area contributed by atoms with Gasteiger partial charge in [0.25, 0.3) is 0 Å². The summed E-state index contributed by atoms with van der Waals surface area (Å²) in [6.45, 7) is 4.88. The number of amides is 3. The molecule has 0 aliphatic carbocycles. The number of aromatic nitrogens is 1. The van der Waals surface area contributed by atoms with Crippen molar-refractivity contribution >= 4 is 23.3 Å². The van der Waals surface area contributed by atoms with E-state index in [1.165, 1.54) is 12.3 Å². The zero-order valence-corrected chi connectivity index (χ0v) is 16.9. The van der Waals surface area contributed by atoms with Crippen LogP contribution in [-0.2, 0) is 11.2 Å². The quantitative estimate of drug-likeness (QED) is 0.722. The maximum atomic E-state index is 14.3. The molecule has 0 radical (unpaired) electrons. The van der Waals surface area contributed by atoms with Crippen molar-refractivity contribution in [2.24, 2.45) is 0 Å². The van der Waals surface area contributed by atoms with Crippen LogP contribution >= 0.6 is 0 Å². The van der Waals surface area contributed by atoms with Gasteiger partial charge in [-0.3, -0.25) is 9.78 Å². The molecule has 3 rings (SSSR count). The van der Waals surface area contributed by atoms with Gasteiger partial charge in [-0.1, -0.05) is 6.07 Å². The Labute approximate surface area is 169 Å². The van der Waals surface area contributed by atoms with Crippen LogP contribution < -0.4 is 16.0 Å². The van der Waals surface area contributed by atoms with Gasteiger partial charge >= 0.3 is 6.03 Å². The molecule has 1 atom stereocenters. The van der Waals surface area contributed by atoms with Crippen LogP contribution in [0.4, 0.5) is 20.6 Å². The lowest BCUT2D eigenvalue weighted by Crippen LogP contribution is -2.52. The van der Waals surface area contributed by atoms with E-state index in [4.69, 9.17) is 0 Å². The standard InChI is InChI=1S/C21H26FN5O2/c1-14-4-6-17(12-24-14)25-20(29)26-19-10-16(5-7-18(19)22)11-21(8-9-23-13-21)27(3)15(2)28/h4-7,10,12,23H,8-9,11,13H2,1-3H3,(H2,25,26,29)/t21-/m0/s1. The highest BCUT2D eigenvalue weighted by molar-refractivity contribution is 5.99. The van der Waals surface area contributed by atoms with Crippen LogP contribution in [-0.4, -0.2) is 47.5 Å². The maximum Gasteiger partial charge on any atom is 0.323 e. The molecule has 8 heteroatoms. The molecule has 154 valence electrons. The van der Waals surface area contributed by atoms with E-state index >= 15 is 0 Å². The number of aryl methyl sites for hydroxylation is 1. The van der Waals surface area contributed by atoms with E-state index in [1.807, 2.05) is 6.92 Å². The van der Waals surface area contributed by atoms with Crippen molar-refractivity contribution in [2.75, 3.05) is 30.8 Å². The van der Waals surface area contributed by atoms with E-state index in [9.17, 15) is 14.0 Å². The largest absolute Gasteiger partial charge is 0.339 e. The zero-order valence-electron chi connectivity index (χ0n) is 16.9. The van der Waals surface area contributed by atoms with Gasteiger partial charge in [-0.05, 0) is 56.1 Å². The summed E-state index contributed by atoms with van der Waals surface area (Å²) in [5.41, 5.74) is 1.92. The van der Waals surface area contributed by atoms with Crippen LogP contribution in [0.1, 0.15) is 24.6 Å². The van der Waals surface area contributed by atoms with Gasteiger partial charge in [0.05, 0.1) is 23.1 Å². The van der Waals surface area contributed by atoms with Crippen LogP contribution in [0, 0.1) is 12.7 Å². The summed E-state index contributed by atoms with van der Waals surface area (Å²) in [7, 11) is 1.79. The van der Waals surface area contributed by atoms with Gasteiger partial charge in [0.2, 0.25) is 5.91 Å². The Balaban J connectivity index is 1.74. The fourth-order valence-corrected chi connectivity index (χ4v) is 3.60. The van der Waals surface area contributed by atoms with Gasteiger partial charge < -0.3 is 20.9 Å². The van der Waals surface area contributed by atoms with Gasteiger partial charge in [-0.2, -0.15) is 0 Å². The number of carbonyl (C=O) groups excluding carboxylic acids is 2. The lowest BCUT2D eigenvalue weighted by atomic mass is 9.88. The smallest absolute Gasteiger partial charge is 0.323 e. The summed E-state index contributed by atoms with van der Waals surface area (Å²) in [5.74, 6) is -0.537. The number of nitrogens with zero attached hydrogens (tertiary/aromatic N) is 2. The molecular formula is C21H26FN5O2. The molecule has 1 aliphatic heterocycles. The number of nitrogens with one attached hydrogen (secondary N) is 3. The third-order valence-corrected chi connectivity index (χ3v) is 5.39. The number of hydrogen-bond acceptors (Lipinski definition) is 4. The molecule has 2 aromatic rings. The fraction of sp³-hybridized carbons (Fsp3) is 0.381. The predicted octanol–water partition coefficient (Wildman–Crippen LogP) is 2.93. The van der Waals surface area contributed by atoms with Crippen LogP contribution in [0.15, 0.2) is 36.5 Å². The minimum Gasteiger partial charge on any atom is -0.339 e. The van der Waals surface area contributed by atoms with E-state index < -0.39 is 11.8 Å². The summed E-state index contributed by atoms with van der Waals surface area (Å²) in [5, 5.41) is 8.50. The summed E-state index contributed by atoms with van der Waals surface area (Å²) in [6.07, 6.45) is 2.91. The van der Waals surface area contributed by atoms with Crippen molar-refractivity contribution < 1.29 is 14.0 Å². The second kappa shape index (κ2) is 8.57. The van der Waals surface area contributed by atoms with Gasteiger partial charge in [-0.15, -0.1) is 0 Å². The number of pyridine rings is 1. The number of halogens is 1. The highest BCUT2D eigenvalue weighted by atomic mass is 19.1. The van der Waals surface area contributed by atoms with Crippen LogP contribution in [0.2, 0.25) is 0 Å². The third-order valence-electron chi connectivity index (χ3n) is 5.39. The number of rotatable bonds is 5. The molecule has 1 fully saturated rings. The van der Waals surface area contributed by atoms with Gasteiger partial charge in [0.1, 0.15) is 5.82 Å². The first-order valence-electron chi connectivity index (χ1n) is 9.53. The molecular weight excluding hydrogens is 373 g/mol. The molecule has 7 nitrogen and oxygen atoms in total. The molecule has 1 aliphatic rings. The van der Waals surface area contributed by atoms with Crippen molar-refractivity contribution in [1.29, 1.82) is 0 Å². The van der Waals surface area contributed by atoms with E-state index in [0.717, 1.165) is 24.2 Å². The summed E-state index contributed by atoms with van der Waals surface area (Å²) in [4.78, 5) is 30.1. The van der Waals surface area contributed by atoms with Crippen molar-refractivity contribution in [2.45, 2.75) is 32.2 Å². The van der Waals surface area contributed by atoms with Gasteiger partial charge in [0, 0.05) is 26.2 Å². The Morgan fingerprint density at radius 1 is 1.28 bits per heavy atom. The van der Waals surface area contributed by atoms with Gasteiger partial charge in [-0.25, -0.2) is 9.18 Å². The summed E-state index contributed by atoms with van der Waals surface area (Å²) >= 11 is 0. The Hall–Kier alpha value is -3.00. The number of benzene rings is 1. The number of urea groups is 1. The third kappa shape index (κ3) is 4.89. The van der Waals surface area contributed by atoms with Crippen molar-refractivity contribution in [3.05, 3.63) is 53.6 Å². The Morgan fingerprint density at radius 3 is 2.69 bits per heavy atom. The maximum absolute atomic E-state index is 14.3. The second-order valence-corrected chi connectivity index (χ2v) is 7.49. The first-order valence-corrected chi connectivity index (χ1v) is 9.53. The van der Waals surface area contributed by atoms with Crippen molar-refractivity contribution in [3.8, 4) is 0 Å². The van der Waals surface area contributed by atoms with Crippen molar-refractivity contribution in [3.63, 3.8) is 0 Å². The zero-order chi connectivity index (χ0) is 21.0. The Kier molecular flexibility index (Phi) is 6.12. The topological polar surface area (TPSA) is 86.4 Å². The highest BCUT2D eigenvalue weighted by Crippen LogP contribution is 2.28. The fourth-order valence-electron chi connectivity index (χ4n) is 3.60. The molecule has 1 aromatic carbocycles. The minimum atomic E-state index is -0.551. The van der Waals surface area contributed by atoms with E-state index in [-0.39, 0.29) is 17.1 Å². The molecule has 1 aromatic heterocycles. The average molecular weight is 399 g/mol. The van der Waals surface area contributed by atoms with Crippen LogP contribution in [0.25, 0.3) is 0 Å². The van der Waals surface area contributed by atoms with Crippen LogP contribution in [0.3, 0.4) is 0 Å². The summed E-state index contributed by atoms with van der Waals surface area (Å²) in [6, 6.07) is 7.60. The molecule has 3 amide bonds. The number of carbonyl (C=O) groups is 2. The lowest BCUT2D eigenvalue weighted by molar-refractivity contribution is -0.132. The monoisotopic (exact) mass is 399 g/mol. The molecule has 2 heterocycles. The SMILES string of the molecule is CC(=O)N(C)[C@]1(Cc2ccc(F)c(NC(=O)Nc3ccc(C)nc3)c2)CCNC1. The first-order chi connectivity index (χ1) is 13.8. The molecule has 0 spiro atoms. The van der Waals surface area contributed by atoms with Crippen LogP contribution in [0.5, 0.6) is 0 Å². The Bertz CT molecular complexity index is 894. The highest BCUT2D eigenvalue weighted by Gasteiger charge is 2.39. The predicted molar refractivity (Wildman–Crippen MR) is 110 cm³/mol. The lowest BCUT2D eigenvalue weighted by Gasteiger charge is -2.38. The number of anilines is 2. The van der Waals surface area contributed by atoms with E-state index in [1.54, 1.807) is 43.1 Å². The normalized spacial score (nSPS) is 18.3.